The van der Waals surface area contributed by atoms with E-state index in [-0.39, 0.29) is 5.60 Å². The number of hydrogen-bond donors (Lipinski definition) is 1. The summed E-state index contributed by atoms with van der Waals surface area (Å²) in [6.07, 6.45) is 1.93. The Labute approximate surface area is 182 Å². The van der Waals surface area contributed by atoms with Gasteiger partial charge in [-0.1, -0.05) is 13.0 Å². The molecule has 0 aliphatic carbocycles. The normalized spacial score (nSPS) is 22.6. The van der Waals surface area contributed by atoms with Gasteiger partial charge < -0.3 is 19.9 Å². The molecule has 3 aliphatic rings. The van der Waals surface area contributed by atoms with Crippen LogP contribution in [-0.4, -0.2) is 64.7 Å². The SMILES string of the molecule is Cc1cc(N2Cc3ccc(N4CC5(CNCCO5)C4)nc3[C@@H](C)C2)c2cnn(C)c2n1. The summed E-state index contributed by atoms with van der Waals surface area (Å²) in [7, 11) is 1.95. The zero-order valence-corrected chi connectivity index (χ0v) is 18.4. The first-order valence-electron chi connectivity index (χ1n) is 11.2. The molecular formula is C23H29N7O. The van der Waals surface area contributed by atoms with Crippen LogP contribution in [0.5, 0.6) is 0 Å². The van der Waals surface area contributed by atoms with Crippen LogP contribution in [-0.2, 0) is 18.3 Å². The Balaban J connectivity index is 1.26. The van der Waals surface area contributed by atoms with Crippen molar-refractivity contribution in [3.63, 3.8) is 0 Å². The average molecular weight is 420 g/mol. The van der Waals surface area contributed by atoms with Gasteiger partial charge in [0.15, 0.2) is 5.65 Å². The van der Waals surface area contributed by atoms with Gasteiger partial charge in [-0.2, -0.15) is 5.10 Å². The number of nitrogens with one attached hydrogen (secondary N) is 1. The van der Waals surface area contributed by atoms with Crippen molar-refractivity contribution >= 4 is 22.5 Å². The van der Waals surface area contributed by atoms with Crippen molar-refractivity contribution in [3.05, 3.63) is 41.3 Å². The monoisotopic (exact) mass is 419 g/mol. The van der Waals surface area contributed by atoms with Crippen LogP contribution in [0.2, 0.25) is 0 Å². The van der Waals surface area contributed by atoms with Crippen LogP contribution >= 0.6 is 0 Å². The minimum absolute atomic E-state index is 0.0213. The third-order valence-corrected chi connectivity index (χ3v) is 6.89. The molecule has 0 amide bonds. The summed E-state index contributed by atoms with van der Waals surface area (Å²) >= 11 is 0. The second kappa shape index (κ2) is 6.90. The number of nitrogens with zero attached hydrogens (tertiary/aromatic N) is 6. The van der Waals surface area contributed by atoms with Crippen molar-refractivity contribution in [2.75, 3.05) is 49.1 Å². The lowest BCUT2D eigenvalue weighted by Gasteiger charge is -2.52. The molecule has 1 atom stereocenters. The lowest BCUT2D eigenvalue weighted by Crippen LogP contribution is -2.70. The summed E-state index contributed by atoms with van der Waals surface area (Å²) in [5, 5.41) is 9.00. The van der Waals surface area contributed by atoms with E-state index in [9.17, 15) is 0 Å². The minimum atomic E-state index is -0.0213. The molecule has 6 heterocycles. The number of hydrogen-bond acceptors (Lipinski definition) is 7. The summed E-state index contributed by atoms with van der Waals surface area (Å²) in [5.74, 6) is 1.43. The highest BCUT2D eigenvalue weighted by Crippen LogP contribution is 2.36. The van der Waals surface area contributed by atoms with Gasteiger partial charge in [0, 0.05) is 44.8 Å². The maximum Gasteiger partial charge on any atom is 0.159 e. The van der Waals surface area contributed by atoms with E-state index in [1.807, 2.05) is 17.9 Å². The van der Waals surface area contributed by atoms with E-state index in [1.165, 1.54) is 16.9 Å². The molecule has 3 aliphatic heterocycles. The number of aromatic nitrogens is 4. The lowest BCUT2D eigenvalue weighted by molar-refractivity contribution is -0.0831. The van der Waals surface area contributed by atoms with Crippen LogP contribution < -0.4 is 15.1 Å². The second-order valence-electron chi connectivity index (χ2n) is 9.35. The zero-order chi connectivity index (χ0) is 21.2. The second-order valence-corrected chi connectivity index (χ2v) is 9.35. The maximum absolute atomic E-state index is 6.05. The van der Waals surface area contributed by atoms with Gasteiger partial charge in [-0.25, -0.2) is 9.97 Å². The first-order chi connectivity index (χ1) is 15.0. The number of pyridine rings is 2. The van der Waals surface area contributed by atoms with E-state index in [0.717, 1.165) is 68.4 Å². The molecule has 0 radical (unpaired) electrons. The fraction of sp³-hybridized carbons (Fsp3) is 0.522. The predicted molar refractivity (Wildman–Crippen MR) is 121 cm³/mol. The van der Waals surface area contributed by atoms with Crippen molar-refractivity contribution < 1.29 is 4.74 Å². The van der Waals surface area contributed by atoms with E-state index >= 15 is 0 Å². The van der Waals surface area contributed by atoms with Gasteiger partial charge in [0.25, 0.3) is 0 Å². The number of rotatable bonds is 2. The maximum atomic E-state index is 6.05. The van der Waals surface area contributed by atoms with Crippen LogP contribution in [0, 0.1) is 6.92 Å². The van der Waals surface area contributed by atoms with Crippen LogP contribution in [0.15, 0.2) is 24.4 Å². The highest BCUT2D eigenvalue weighted by molar-refractivity contribution is 5.89. The molecule has 0 bridgehead atoms. The highest BCUT2D eigenvalue weighted by Gasteiger charge is 2.46. The van der Waals surface area contributed by atoms with Gasteiger partial charge >= 0.3 is 0 Å². The molecule has 31 heavy (non-hydrogen) atoms. The van der Waals surface area contributed by atoms with E-state index in [4.69, 9.17) is 9.72 Å². The Morgan fingerprint density at radius 3 is 2.87 bits per heavy atom. The molecule has 162 valence electrons. The Kier molecular flexibility index (Phi) is 4.23. The number of morpholine rings is 1. The quantitative estimate of drug-likeness (QED) is 0.681. The van der Waals surface area contributed by atoms with Crippen molar-refractivity contribution in [1.82, 2.24) is 25.1 Å². The molecular weight excluding hydrogens is 390 g/mol. The summed E-state index contributed by atoms with van der Waals surface area (Å²) in [6, 6.07) is 6.62. The van der Waals surface area contributed by atoms with E-state index in [2.05, 4.69) is 57.2 Å². The van der Waals surface area contributed by atoms with Crippen LogP contribution in [0.4, 0.5) is 11.5 Å². The summed E-state index contributed by atoms with van der Waals surface area (Å²) < 4.78 is 7.90. The molecule has 0 aromatic carbocycles. The number of ether oxygens (including phenoxy) is 1. The molecule has 3 aromatic heterocycles. The molecule has 0 saturated carbocycles. The van der Waals surface area contributed by atoms with E-state index < -0.39 is 0 Å². The van der Waals surface area contributed by atoms with Gasteiger partial charge in [-0.15, -0.1) is 0 Å². The van der Waals surface area contributed by atoms with Gasteiger partial charge in [-0.3, -0.25) is 4.68 Å². The predicted octanol–water partition coefficient (Wildman–Crippen LogP) is 1.97. The molecule has 2 saturated heterocycles. The fourth-order valence-electron chi connectivity index (χ4n) is 5.30. The molecule has 8 heteroatoms. The first-order valence-corrected chi connectivity index (χ1v) is 11.2. The van der Waals surface area contributed by atoms with Crippen LogP contribution in [0.1, 0.15) is 29.8 Å². The van der Waals surface area contributed by atoms with Crippen molar-refractivity contribution in [3.8, 4) is 0 Å². The summed E-state index contributed by atoms with van der Waals surface area (Å²) in [5.41, 5.74) is 5.68. The van der Waals surface area contributed by atoms with Crippen molar-refractivity contribution in [1.29, 1.82) is 0 Å². The third kappa shape index (κ3) is 3.08. The number of anilines is 2. The standard InChI is InChI=1S/C23H29N7O/c1-15-10-29(19-8-16(2)26-22-18(19)9-25-28(22)3)11-17-4-5-20(27-21(15)17)30-13-23(14-30)12-24-6-7-31-23/h4-5,8-9,15,24H,6-7,10-14H2,1-3H3/t15-/m0/s1. The zero-order valence-electron chi connectivity index (χ0n) is 18.4. The Hall–Kier alpha value is -2.71. The smallest absolute Gasteiger partial charge is 0.159 e. The van der Waals surface area contributed by atoms with Gasteiger partial charge in [0.05, 0.1) is 42.7 Å². The molecule has 2 fully saturated rings. The highest BCUT2D eigenvalue weighted by atomic mass is 16.5. The lowest BCUT2D eigenvalue weighted by atomic mass is 9.91. The number of fused-ring (bicyclic) bond motifs is 2. The number of aryl methyl sites for hydroxylation is 2. The third-order valence-electron chi connectivity index (χ3n) is 6.89. The molecule has 8 nitrogen and oxygen atoms in total. The fourth-order valence-corrected chi connectivity index (χ4v) is 5.30. The van der Waals surface area contributed by atoms with E-state index in [1.54, 1.807) is 0 Å². The molecule has 1 N–H and O–H groups in total. The van der Waals surface area contributed by atoms with Gasteiger partial charge in [0.2, 0.25) is 0 Å². The largest absolute Gasteiger partial charge is 0.369 e. The van der Waals surface area contributed by atoms with Gasteiger partial charge in [-0.05, 0) is 24.6 Å². The van der Waals surface area contributed by atoms with Crippen LogP contribution in [0.3, 0.4) is 0 Å². The Morgan fingerprint density at radius 1 is 1.19 bits per heavy atom. The first kappa shape index (κ1) is 19.0. The van der Waals surface area contributed by atoms with Crippen molar-refractivity contribution in [2.24, 2.45) is 7.05 Å². The van der Waals surface area contributed by atoms with Gasteiger partial charge in [0.1, 0.15) is 11.4 Å². The minimum Gasteiger partial charge on any atom is -0.369 e. The molecule has 1 spiro atoms. The molecule has 3 aromatic rings. The summed E-state index contributed by atoms with van der Waals surface area (Å²) in [4.78, 5) is 14.6. The van der Waals surface area contributed by atoms with Crippen LogP contribution in [0.25, 0.3) is 11.0 Å². The molecule has 0 unspecified atom stereocenters. The Morgan fingerprint density at radius 2 is 2.06 bits per heavy atom. The summed E-state index contributed by atoms with van der Waals surface area (Å²) in [6.45, 7) is 10.7. The van der Waals surface area contributed by atoms with E-state index in [0.29, 0.717) is 5.92 Å². The topological polar surface area (TPSA) is 71.3 Å². The van der Waals surface area contributed by atoms with Crippen molar-refractivity contribution in [2.45, 2.75) is 31.9 Å². The Bertz CT molecular complexity index is 1140. The molecule has 6 rings (SSSR count). The average Bonchev–Trinajstić information content (AvgIpc) is 3.12.